The Morgan fingerprint density at radius 3 is 3.06 bits per heavy atom. The maximum absolute atomic E-state index is 3.81. The van der Waals surface area contributed by atoms with Crippen molar-refractivity contribution in [1.29, 1.82) is 0 Å². The Bertz CT molecular complexity index is 355. The van der Waals surface area contributed by atoms with Gasteiger partial charge in [-0.05, 0) is 74.7 Å². The molecule has 1 saturated heterocycles. The van der Waals surface area contributed by atoms with E-state index in [1.54, 1.807) is 10.4 Å². The molecular weight excluding hydrogens is 228 g/mol. The molecule has 0 aromatic carbocycles. The van der Waals surface area contributed by atoms with E-state index in [0.717, 1.165) is 5.92 Å². The molecule has 2 N–H and O–H groups in total. The largest absolute Gasteiger partial charge is 0.317 e. The van der Waals surface area contributed by atoms with Gasteiger partial charge < -0.3 is 10.6 Å². The van der Waals surface area contributed by atoms with Gasteiger partial charge in [0, 0.05) is 10.9 Å². The summed E-state index contributed by atoms with van der Waals surface area (Å²) in [5, 5.41) is 9.51. The standard InChI is InChI=1S/C14H22N2S/c1-2-13(12-6-9-17-14(12)3-1)16-10-11-4-7-15-8-5-11/h6,9,11,13,15-16H,1-5,7-8,10H2. The van der Waals surface area contributed by atoms with Gasteiger partial charge >= 0.3 is 0 Å². The molecule has 1 aliphatic carbocycles. The molecule has 1 atom stereocenters. The molecule has 2 aliphatic rings. The van der Waals surface area contributed by atoms with Crippen LogP contribution in [0.1, 0.15) is 42.2 Å². The number of hydrogen-bond donors (Lipinski definition) is 2. The summed E-state index contributed by atoms with van der Waals surface area (Å²) in [6, 6.07) is 2.97. The van der Waals surface area contributed by atoms with Gasteiger partial charge in [0.25, 0.3) is 0 Å². The second kappa shape index (κ2) is 5.51. The number of thiophene rings is 1. The zero-order valence-electron chi connectivity index (χ0n) is 10.4. The van der Waals surface area contributed by atoms with Gasteiger partial charge in [0.15, 0.2) is 0 Å². The van der Waals surface area contributed by atoms with E-state index in [1.807, 2.05) is 11.3 Å². The predicted molar refractivity (Wildman–Crippen MR) is 73.6 cm³/mol. The number of nitrogens with one attached hydrogen (secondary N) is 2. The molecule has 3 rings (SSSR count). The fourth-order valence-corrected chi connectivity index (χ4v) is 4.08. The van der Waals surface area contributed by atoms with Crippen molar-refractivity contribution >= 4 is 11.3 Å². The lowest BCUT2D eigenvalue weighted by Crippen LogP contribution is -2.35. The third kappa shape index (κ3) is 2.72. The van der Waals surface area contributed by atoms with E-state index in [9.17, 15) is 0 Å². The van der Waals surface area contributed by atoms with Crippen molar-refractivity contribution in [1.82, 2.24) is 10.6 Å². The summed E-state index contributed by atoms with van der Waals surface area (Å²) in [7, 11) is 0. The van der Waals surface area contributed by atoms with Crippen LogP contribution in [-0.4, -0.2) is 19.6 Å². The van der Waals surface area contributed by atoms with Gasteiger partial charge in [0.1, 0.15) is 0 Å². The zero-order chi connectivity index (χ0) is 11.5. The number of fused-ring (bicyclic) bond motifs is 1. The molecular formula is C14H22N2S. The van der Waals surface area contributed by atoms with Crippen LogP contribution in [0.4, 0.5) is 0 Å². The Morgan fingerprint density at radius 1 is 1.29 bits per heavy atom. The van der Waals surface area contributed by atoms with Gasteiger partial charge in [0.2, 0.25) is 0 Å². The first-order valence-corrected chi connectivity index (χ1v) is 7.82. The Balaban J connectivity index is 1.56. The van der Waals surface area contributed by atoms with Crippen LogP contribution in [0.25, 0.3) is 0 Å². The van der Waals surface area contributed by atoms with E-state index in [0.29, 0.717) is 6.04 Å². The SMILES string of the molecule is c1cc2c(s1)CCCC2NCC1CCNCC1. The molecule has 2 heterocycles. The number of piperidine rings is 1. The lowest BCUT2D eigenvalue weighted by molar-refractivity contribution is 0.331. The second-order valence-corrected chi connectivity index (χ2v) is 6.35. The van der Waals surface area contributed by atoms with E-state index in [2.05, 4.69) is 22.1 Å². The summed E-state index contributed by atoms with van der Waals surface area (Å²) in [6.07, 6.45) is 6.68. The molecule has 1 aromatic heterocycles. The monoisotopic (exact) mass is 250 g/mol. The van der Waals surface area contributed by atoms with Crippen LogP contribution in [0, 0.1) is 5.92 Å². The highest BCUT2D eigenvalue weighted by molar-refractivity contribution is 7.10. The van der Waals surface area contributed by atoms with Crippen LogP contribution in [0.2, 0.25) is 0 Å². The fraction of sp³-hybridized carbons (Fsp3) is 0.714. The van der Waals surface area contributed by atoms with E-state index in [-0.39, 0.29) is 0 Å². The predicted octanol–water partition coefficient (Wildman–Crippen LogP) is 2.71. The van der Waals surface area contributed by atoms with Gasteiger partial charge in [-0.1, -0.05) is 0 Å². The summed E-state index contributed by atoms with van der Waals surface area (Å²) in [6.45, 7) is 3.63. The molecule has 0 saturated carbocycles. The lowest BCUT2D eigenvalue weighted by atomic mass is 9.92. The van der Waals surface area contributed by atoms with Gasteiger partial charge in [-0.25, -0.2) is 0 Å². The van der Waals surface area contributed by atoms with Crippen LogP contribution in [0.15, 0.2) is 11.4 Å². The molecule has 0 bridgehead atoms. The average molecular weight is 250 g/mol. The van der Waals surface area contributed by atoms with Gasteiger partial charge in [-0.3, -0.25) is 0 Å². The van der Waals surface area contributed by atoms with Crippen molar-refractivity contribution in [3.63, 3.8) is 0 Å². The van der Waals surface area contributed by atoms with Gasteiger partial charge in [-0.15, -0.1) is 11.3 Å². The summed E-state index contributed by atoms with van der Waals surface area (Å²) in [4.78, 5) is 1.62. The first kappa shape index (κ1) is 11.7. The highest BCUT2D eigenvalue weighted by Gasteiger charge is 2.22. The molecule has 3 heteroatoms. The molecule has 1 fully saturated rings. The van der Waals surface area contributed by atoms with Crippen LogP contribution in [0.5, 0.6) is 0 Å². The minimum atomic E-state index is 0.639. The normalized spacial score (nSPS) is 25.8. The van der Waals surface area contributed by atoms with E-state index in [1.165, 1.54) is 51.7 Å². The Labute approximate surface area is 108 Å². The highest BCUT2D eigenvalue weighted by Crippen LogP contribution is 2.33. The second-order valence-electron chi connectivity index (χ2n) is 5.35. The molecule has 1 aromatic rings. The summed E-state index contributed by atoms with van der Waals surface area (Å²) in [5.41, 5.74) is 1.59. The van der Waals surface area contributed by atoms with Crippen molar-refractivity contribution < 1.29 is 0 Å². The first-order chi connectivity index (χ1) is 8.43. The highest BCUT2D eigenvalue weighted by atomic mass is 32.1. The number of aryl methyl sites for hydroxylation is 1. The molecule has 2 nitrogen and oxygen atoms in total. The lowest BCUT2D eigenvalue weighted by Gasteiger charge is -2.28. The van der Waals surface area contributed by atoms with Crippen LogP contribution >= 0.6 is 11.3 Å². The fourth-order valence-electron chi connectivity index (χ4n) is 3.09. The first-order valence-electron chi connectivity index (χ1n) is 6.94. The third-order valence-corrected chi connectivity index (χ3v) is 5.16. The van der Waals surface area contributed by atoms with Crippen LogP contribution < -0.4 is 10.6 Å². The molecule has 0 radical (unpaired) electrons. The summed E-state index contributed by atoms with van der Waals surface area (Å²) >= 11 is 1.94. The molecule has 0 spiro atoms. The third-order valence-electron chi connectivity index (χ3n) is 4.16. The number of hydrogen-bond acceptors (Lipinski definition) is 3. The van der Waals surface area contributed by atoms with Crippen molar-refractivity contribution in [2.24, 2.45) is 5.92 Å². The van der Waals surface area contributed by atoms with Crippen molar-refractivity contribution in [3.8, 4) is 0 Å². The molecule has 94 valence electrons. The van der Waals surface area contributed by atoms with E-state index >= 15 is 0 Å². The van der Waals surface area contributed by atoms with Crippen LogP contribution in [-0.2, 0) is 6.42 Å². The smallest absolute Gasteiger partial charge is 0.0331 e. The summed E-state index contributed by atoms with van der Waals surface area (Å²) < 4.78 is 0. The Kier molecular flexibility index (Phi) is 3.79. The van der Waals surface area contributed by atoms with E-state index in [4.69, 9.17) is 0 Å². The summed E-state index contributed by atoms with van der Waals surface area (Å²) in [5.74, 6) is 0.889. The minimum Gasteiger partial charge on any atom is -0.317 e. The van der Waals surface area contributed by atoms with Crippen molar-refractivity contribution in [2.45, 2.75) is 38.1 Å². The topological polar surface area (TPSA) is 24.1 Å². The number of rotatable bonds is 3. The zero-order valence-corrected chi connectivity index (χ0v) is 11.2. The Morgan fingerprint density at radius 2 is 2.18 bits per heavy atom. The molecule has 1 aliphatic heterocycles. The Hall–Kier alpha value is -0.380. The van der Waals surface area contributed by atoms with E-state index < -0.39 is 0 Å². The maximum Gasteiger partial charge on any atom is 0.0331 e. The van der Waals surface area contributed by atoms with Crippen molar-refractivity contribution in [3.05, 3.63) is 21.9 Å². The van der Waals surface area contributed by atoms with Gasteiger partial charge in [-0.2, -0.15) is 0 Å². The quantitative estimate of drug-likeness (QED) is 0.862. The van der Waals surface area contributed by atoms with Crippen molar-refractivity contribution in [2.75, 3.05) is 19.6 Å². The average Bonchev–Trinajstić information content (AvgIpc) is 2.86. The maximum atomic E-state index is 3.81. The molecule has 1 unspecified atom stereocenters. The molecule has 17 heavy (non-hydrogen) atoms. The van der Waals surface area contributed by atoms with Crippen LogP contribution in [0.3, 0.4) is 0 Å². The molecule has 0 amide bonds. The minimum absolute atomic E-state index is 0.639. The van der Waals surface area contributed by atoms with Gasteiger partial charge in [0.05, 0.1) is 0 Å².